The van der Waals surface area contributed by atoms with E-state index in [1.54, 1.807) is 6.26 Å². The number of furan rings is 1. The van der Waals surface area contributed by atoms with E-state index in [-0.39, 0.29) is 0 Å². The summed E-state index contributed by atoms with van der Waals surface area (Å²) in [5.41, 5.74) is 0. The zero-order valence-electron chi connectivity index (χ0n) is 14.3. The molecule has 0 N–H and O–H groups in total. The number of rotatable bonds is 13. The molecule has 0 saturated heterocycles. The fourth-order valence-corrected chi connectivity index (χ4v) is 2.42. The molecule has 0 amide bonds. The normalized spacial score (nSPS) is 12.0. The molecule has 0 spiro atoms. The van der Waals surface area contributed by atoms with Gasteiger partial charge in [0.05, 0.1) is 34.0 Å². The highest BCUT2D eigenvalue weighted by Gasteiger charge is 2.04. The third-order valence-electron chi connectivity index (χ3n) is 3.69. The predicted octanol–water partition coefficient (Wildman–Crippen LogP) is 4.62. The lowest BCUT2D eigenvalue weighted by Gasteiger charge is -2.23. The van der Waals surface area contributed by atoms with Crippen molar-refractivity contribution in [3.05, 3.63) is 24.2 Å². The molecule has 122 valence electrons. The van der Waals surface area contributed by atoms with Gasteiger partial charge in [-0.1, -0.05) is 32.1 Å². The lowest BCUT2D eigenvalue weighted by Crippen LogP contribution is -2.35. The van der Waals surface area contributed by atoms with Gasteiger partial charge >= 0.3 is 0 Å². The van der Waals surface area contributed by atoms with Gasteiger partial charge in [-0.2, -0.15) is 0 Å². The Morgan fingerprint density at radius 1 is 0.905 bits per heavy atom. The Morgan fingerprint density at radius 3 is 2.10 bits per heavy atom. The van der Waals surface area contributed by atoms with E-state index in [0.717, 1.165) is 16.9 Å². The molecule has 0 saturated carbocycles. The van der Waals surface area contributed by atoms with Crippen molar-refractivity contribution in [2.45, 2.75) is 58.0 Å². The molecule has 1 aromatic rings. The second-order valence-corrected chi connectivity index (χ2v) is 6.97. The number of unbranched alkanes of at least 4 members (excludes halogenated alkanes) is 7. The molecule has 0 aliphatic rings. The molecule has 0 atom stereocenters. The summed E-state index contributed by atoms with van der Waals surface area (Å²) in [6.45, 7) is 2.76. The van der Waals surface area contributed by atoms with Crippen LogP contribution in [0.25, 0.3) is 0 Å². The molecule has 0 radical (unpaired) electrons. The van der Waals surface area contributed by atoms with Gasteiger partial charge in [0.2, 0.25) is 0 Å². The molecule has 0 unspecified atom stereocenters. The van der Waals surface area contributed by atoms with Crippen LogP contribution in [0.4, 0.5) is 0 Å². The van der Waals surface area contributed by atoms with Crippen molar-refractivity contribution in [2.24, 2.45) is 0 Å². The van der Waals surface area contributed by atoms with Gasteiger partial charge in [0, 0.05) is 6.61 Å². The van der Waals surface area contributed by atoms with Crippen LogP contribution >= 0.6 is 0 Å². The van der Waals surface area contributed by atoms with Gasteiger partial charge in [-0.3, -0.25) is 0 Å². The molecule has 1 rings (SSSR count). The molecule has 0 aromatic carbocycles. The van der Waals surface area contributed by atoms with E-state index in [4.69, 9.17) is 9.15 Å². The van der Waals surface area contributed by atoms with Crippen LogP contribution in [0.2, 0.25) is 0 Å². The van der Waals surface area contributed by atoms with Crippen LogP contribution in [0, 0.1) is 0 Å². The van der Waals surface area contributed by atoms with Crippen molar-refractivity contribution in [1.82, 2.24) is 0 Å². The Bertz CT molecular complexity index is 327. The summed E-state index contributed by atoms with van der Waals surface area (Å²) >= 11 is 0. The average molecular weight is 296 g/mol. The topological polar surface area (TPSA) is 22.4 Å². The predicted molar refractivity (Wildman–Crippen MR) is 88.2 cm³/mol. The molecule has 0 bridgehead atoms. The second-order valence-electron chi connectivity index (χ2n) is 6.97. The molecule has 1 heterocycles. The Kier molecular flexibility index (Phi) is 9.44. The molecule has 3 nitrogen and oxygen atoms in total. The van der Waals surface area contributed by atoms with E-state index in [0.29, 0.717) is 6.61 Å². The minimum atomic E-state index is 0.610. The van der Waals surface area contributed by atoms with E-state index in [1.807, 2.05) is 12.1 Å². The summed E-state index contributed by atoms with van der Waals surface area (Å²) in [7, 11) is 6.82. The minimum Gasteiger partial charge on any atom is -0.467 e. The quantitative estimate of drug-likeness (QED) is 0.391. The first-order chi connectivity index (χ1) is 10.1. The van der Waals surface area contributed by atoms with Crippen LogP contribution in [0.3, 0.4) is 0 Å². The maximum atomic E-state index is 5.57. The molecule has 0 aliphatic heterocycles. The molecule has 0 fully saturated rings. The summed E-state index contributed by atoms with van der Waals surface area (Å²) in [6.07, 6.45) is 12.4. The summed E-state index contributed by atoms with van der Waals surface area (Å²) < 4.78 is 11.9. The SMILES string of the molecule is C[N+](C)(C)CCCCCCCCCCOCc1ccco1. The first kappa shape index (κ1) is 18.2. The summed E-state index contributed by atoms with van der Waals surface area (Å²) in [4.78, 5) is 0. The molecule has 1 aromatic heterocycles. The second kappa shape index (κ2) is 10.9. The largest absolute Gasteiger partial charge is 0.467 e. The van der Waals surface area contributed by atoms with Gasteiger partial charge in [-0.25, -0.2) is 0 Å². The van der Waals surface area contributed by atoms with Crippen molar-refractivity contribution in [2.75, 3.05) is 34.3 Å². The van der Waals surface area contributed by atoms with Crippen molar-refractivity contribution < 1.29 is 13.6 Å². The van der Waals surface area contributed by atoms with Crippen LogP contribution in [0.15, 0.2) is 22.8 Å². The van der Waals surface area contributed by atoms with E-state index in [1.165, 1.54) is 57.9 Å². The van der Waals surface area contributed by atoms with Crippen LogP contribution in [-0.4, -0.2) is 38.8 Å². The highest BCUT2D eigenvalue weighted by Crippen LogP contribution is 2.10. The van der Waals surface area contributed by atoms with Crippen molar-refractivity contribution in [3.8, 4) is 0 Å². The molecular formula is C18H34NO2+. The average Bonchev–Trinajstić information content (AvgIpc) is 2.92. The number of quaternary nitrogens is 1. The van der Waals surface area contributed by atoms with Crippen molar-refractivity contribution >= 4 is 0 Å². The highest BCUT2D eigenvalue weighted by atomic mass is 16.5. The summed E-state index contributed by atoms with van der Waals surface area (Å²) in [5.74, 6) is 0.920. The number of ether oxygens (including phenoxy) is 1. The first-order valence-electron chi connectivity index (χ1n) is 8.48. The maximum Gasteiger partial charge on any atom is 0.129 e. The molecule has 0 aliphatic carbocycles. The lowest BCUT2D eigenvalue weighted by molar-refractivity contribution is -0.870. The fourth-order valence-electron chi connectivity index (χ4n) is 2.42. The van der Waals surface area contributed by atoms with E-state index in [2.05, 4.69) is 21.1 Å². The monoisotopic (exact) mass is 296 g/mol. The molecular weight excluding hydrogens is 262 g/mol. The minimum absolute atomic E-state index is 0.610. The van der Waals surface area contributed by atoms with E-state index >= 15 is 0 Å². The van der Waals surface area contributed by atoms with Gasteiger partial charge in [0.1, 0.15) is 12.4 Å². The Balaban J connectivity index is 1.75. The molecule has 3 heteroatoms. The standard InChI is InChI=1S/C18H34NO2/c1-19(2,3)14-10-8-6-4-5-7-9-11-15-20-17-18-13-12-16-21-18/h12-13,16H,4-11,14-15,17H2,1-3H3/q+1. The first-order valence-corrected chi connectivity index (χ1v) is 8.48. The molecule has 21 heavy (non-hydrogen) atoms. The highest BCUT2D eigenvalue weighted by molar-refractivity contribution is 4.95. The lowest BCUT2D eigenvalue weighted by atomic mass is 10.1. The van der Waals surface area contributed by atoms with Crippen LogP contribution in [-0.2, 0) is 11.3 Å². The third-order valence-corrected chi connectivity index (χ3v) is 3.69. The van der Waals surface area contributed by atoms with Crippen molar-refractivity contribution in [3.63, 3.8) is 0 Å². The zero-order valence-corrected chi connectivity index (χ0v) is 14.3. The number of nitrogens with zero attached hydrogens (tertiary/aromatic N) is 1. The Labute approximate surface area is 130 Å². The van der Waals surface area contributed by atoms with Gasteiger partial charge in [0.15, 0.2) is 0 Å². The third kappa shape index (κ3) is 11.5. The smallest absolute Gasteiger partial charge is 0.129 e. The fraction of sp³-hybridized carbons (Fsp3) is 0.778. The number of hydrogen-bond donors (Lipinski definition) is 0. The van der Waals surface area contributed by atoms with Crippen LogP contribution in [0.5, 0.6) is 0 Å². The van der Waals surface area contributed by atoms with Gasteiger partial charge in [-0.15, -0.1) is 0 Å². The van der Waals surface area contributed by atoms with Crippen molar-refractivity contribution in [1.29, 1.82) is 0 Å². The number of hydrogen-bond acceptors (Lipinski definition) is 2. The van der Waals surface area contributed by atoms with Gasteiger partial charge < -0.3 is 13.6 Å². The van der Waals surface area contributed by atoms with Crippen LogP contribution < -0.4 is 0 Å². The van der Waals surface area contributed by atoms with E-state index < -0.39 is 0 Å². The zero-order chi connectivity index (χ0) is 15.4. The van der Waals surface area contributed by atoms with E-state index in [9.17, 15) is 0 Å². The Morgan fingerprint density at radius 2 is 1.52 bits per heavy atom. The summed E-state index contributed by atoms with van der Waals surface area (Å²) in [5, 5.41) is 0. The van der Waals surface area contributed by atoms with Gasteiger partial charge in [0.25, 0.3) is 0 Å². The Hall–Kier alpha value is -0.800. The maximum absolute atomic E-state index is 5.57. The van der Waals surface area contributed by atoms with Gasteiger partial charge in [-0.05, 0) is 31.4 Å². The van der Waals surface area contributed by atoms with Crippen LogP contribution in [0.1, 0.15) is 57.1 Å². The summed E-state index contributed by atoms with van der Waals surface area (Å²) in [6, 6.07) is 3.86.